The molecule has 5 nitrogen and oxygen atoms in total. The van der Waals surface area contributed by atoms with E-state index in [0.29, 0.717) is 17.0 Å². The summed E-state index contributed by atoms with van der Waals surface area (Å²) >= 11 is 1.85. The molecule has 160 valence electrons. The average Bonchev–Trinajstić information content (AvgIpc) is 2.80. The van der Waals surface area contributed by atoms with Crippen molar-refractivity contribution in [3.8, 4) is 5.75 Å². The SMILES string of the molecule is CCSCc1ccc(C(=O)N2CC(C(=O)NC(CC)CC)Oc3ccccc32)cc1. The van der Waals surface area contributed by atoms with Gasteiger partial charge in [-0.25, -0.2) is 0 Å². The third kappa shape index (κ3) is 5.17. The average molecular weight is 427 g/mol. The van der Waals surface area contributed by atoms with Gasteiger partial charge in [0.1, 0.15) is 5.75 Å². The number of benzene rings is 2. The lowest BCUT2D eigenvalue weighted by molar-refractivity contribution is -0.128. The van der Waals surface area contributed by atoms with E-state index < -0.39 is 6.10 Å². The largest absolute Gasteiger partial charge is 0.477 e. The first kappa shape index (κ1) is 22.2. The maximum absolute atomic E-state index is 13.3. The summed E-state index contributed by atoms with van der Waals surface area (Å²) in [4.78, 5) is 27.8. The van der Waals surface area contributed by atoms with Gasteiger partial charge in [-0.05, 0) is 48.4 Å². The highest BCUT2D eigenvalue weighted by Crippen LogP contribution is 2.34. The molecule has 3 rings (SSSR count). The molecule has 2 aromatic rings. The predicted molar refractivity (Wildman–Crippen MR) is 123 cm³/mol. The van der Waals surface area contributed by atoms with Crippen LogP contribution in [0.25, 0.3) is 0 Å². The van der Waals surface area contributed by atoms with Gasteiger partial charge in [0.2, 0.25) is 0 Å². The Kier molecular flexibility index (Phi) is 7.80. The van der Waals surface area contributed by atoms with Gasteiger partial charge in [-0.1, -0.05) is 45.0 Å². The number of nitrogens with one attached hydrogen (secondary N) is 1. The van der Waals surface area contributed by atoms with Crippen LogP contribution in [-0.4, -0.2) is 36.3 Å². The molecule has 1 heterocycles. The number of para-hydroxylation sites is 2. The number of carbonyl (C=O) groups is 2. The summed E-state index contributed by atoms with van der Waals surface area (Å²) in [6.45, 7) is 6.41. The van der Waals surface area contributed by atoms with E-state index in [0.717, 1.165) is 24.3 Å². The Hall–Kier alpha value is -2.47. The Morgan fingerprint density at radius 3 is 2.47 bits per heavy atom. The molecule has 1 unspecified atom stereocenters. The van der Waals surface area contributed by atoms with Crippen LogP contribution in [0.5, 0.6) is 5.75 Å². The highest BCUT2D eigenvalue weighted by Gasteiger charge is 2.34. The zero-order chi connectivity index (χ0) is 21.5. The zero-order valence-corrected chi connectivity index (χ0v) is 18.7. The van der Waals surface area contributed by atoms with Crippen LogP contribution in [0.4, 0.5) is 5.69 Å². The minimum atomic E-state index is -0.732. The molecule has 30 heavy (non-hydrogen) atoms. The first-order valence-corrected chi connectivity index (χ1v) is 11.8. The van der Waals surface area contributed by atoms with E-state index in [2.05, 4.69) is 12.2 Å². The Bertz CT molecular complexity index is 865. The summed E-state index contributed by atoms with van der Waals surface area (Å²) in [5, 5.41) is 3.04. The minimum Gasteiger partial charge on any atom is -0.477 e. The quantitative estimate of drug-likeness (QED) is 0.667. The van der Waals surface area contributed by atoms with Gasteiger partial charge in [-0.2, -0.15) is 11.8 Å². The maximum atomic E-state index is 13.3. The molecule has 0 spiro atoms. The minimum absolute atomic E-state index is 0.107. The zero-order valence-electron chi connectivity index (χ0n) is 17.9. The van der Waals surface area contributed by atoms with Crippen molar-refractivity contribution < 1.29 is 14.3 Å². The third-order valence-electron chi connectivity index (χ3n) is 5.32. The van der Waals surface area contributed by atoms with E-state index in [-0.39, 0.29) is 24.4 Å². The molecule has 0 bridgehead atoms. The van der Waals surface area contributed by atoms with E-state index in [1.807, 2.05) is 68.1 Å². The number of hydrogen-bond acceptors (Lipinski definition) is 4. The Labute approximate surface area is 183 Å². The van der Waals surface area contributed by atoms with Crippen LogP contribution in [0.2, 0.25) is 0 Å². The van der Waals surface area contributed by atoms with Crippen LogP contribution in [0.3, 0.4) is 0 Å². The second-order valence-electron chi connectivity index (χ2n) is 7.35. The molecule has 0 aromatic heterocycles. The van der Waals surface area contributed by atoms with Crippen LogP contribution < -0.4 is 15.0 Å². The van der Waals surface area contributed by atoms with E-state index in [4.69, 9.17) is 4.74 Å². The van der Waals surface area contributed by atoms with Gasteiger partial charge >= 0.3 is 0 Å². The Morgan fingerprint density at radius 1 is 1.10 bits per heavy atom. The maximum Gasteiger partial charge on any atom is 0.263 e. The molecule has 2 aromatic carbocycles. The lowest BCUT2D eigenvalue weighted by atomic mass is 10.1. The molecule has 6 heteroatoms. The predicted octanol–water partition coefficient (Wildman–Crippen LogP) is 4.65. The van der Waals surface area contributed by atoms with Crippen molar-refractivity contribution >= 4 is 29.3 Å². The summed E-state index contributed by atoms with van der Waals surface area (Å²) in [7, 11) is 0. The lowest BCUT2D eigenvalue weighted by Gasteiger charge is -2.34. The van der Waals surface area contributed by atoms with Crippen LogP contribution in [0.15, 0.2) is 48.5 Å². The number of hydrogen-bond donors (Lipinski definition) is 1. The lowest BCUT2D eigenvalue weighted by Crippen LogP contribution is -2.52. The normalized spacial score (nSPS) is 15.5. The van der Waals surface area contributed by atoms with Gasteiger partial charge in [-0.15, -0.1) is 0 Å². The Balaban J connectivity index is 1.81. The highest BCUT2D eigenvalue weighted by atomic mass is 32.2. The summed E-state index contributed by atoms with van der Waals surface area (Å²) in [6.07, 6.45) is 0.984. The van der Waals surface area contributed by atoms with E-state index in [9.17, 15) is 9.59 Å². The topological polar surface area (TPSA) is 58.6 Å². The first-order valence-electron chi connectivity index (χ1n) is 10.6. The fourth-order valence-electron chi connectivity index (χ4n) is 3.47. The molecular weight excluding hydrogens is 396 g/mol. The van der Waals surface area contributed by atoms with Crippen molar-refractivity contribution in [1.29, 1.82) is 0 Å². The smallest absolute Gasteiger partial charge is 0.263 e. The standard InChI is InChI=1S/C24H30N2O3S/c1-4-19(5-2)25-23(27)22-15-26(20-9-7-8-10-21(20)29-22)24(28)18-13-11-17(12-14-18)16-30-6-3/h7-14,19,22H,4-6,15-16H2,1-3H3,(H,25,27). The molecule has 1 N–H and O–H groups in total. The number of nitrogens with zero attached hydrogens (tertiary/aromatic N) is 1. The van der Waals surface area contributed by atoms with Crippen LogP contribution >= 0.6 is 11.8 Å². The number of thioether (sulfide) groups is 1. The Morgan fingerprint density at radius 2 is 1.80 bits per heavy atom. The highest BCUT2D eigenvalue weighted by molar-refractivity contribution is 7.98. The van der Waals surface area contributed by atoms with Crippen LogP contribution in [0, 0.1) is 0 Å². The molecule has 2 amide bonds. The van der Waals surface area contributed by atoms with E-state index in [1.54, 1.807) is 11.0 Å². The van der Waals surface area contributed by atoms with E-state index >= 15 is 0 Å². The molecule has 1 aliphatic heterocycles. The number of amides is 2. The van der Waals surface area contributed by atoms with Crippen molar-refractivity contribution in [2.45, 2.75) is 51.5 Å². The van der Waals surface area contributed by atoms with Gasteiger partial charge in [0.05, 0.1) is 12.2 Å². The van der Waals surface area contributed by atoms with Crippen molar-refractivity contribution in [2.75, 3.05) is 17.2 Å². The fourth-order valence-corrected chi connectivity index (χ4v) is 4.10. The van der Waals surface area contributed by atoms with E-state index in [1.165, 1.54) is 5.56 Å². The third-order valence-corrected chi connectivity index (χ3v) is 6.26. The molecule has 0 saturated heterocycles. The van der Waals surface area contributed by atoms with Crippen molar-refractivity contribution in [3.63, 3.8) is 0 Å². The number of anilines is 1. The monoisotopic (exact) mass is 426 g/mol. The summed E-state index contributed by atoms with van der Waals surface area (Å²) in [5.74, 6) is 2.25. The van der Waals surface area contributed by atoms with Crippen molar-refractivity contribution in [2.24, 2.45) is 0 Å². The second-order valence-corrected chi connectivity index (χ2v) is 8.62. The van der Waals surface area contributed by atoms with Crippen LogP contribution in [-0.2, 0) is 10.5 Å². The second kappa shape index (κ2) is 10.5. The number of ether oxygens (including phenoxy) is 1. The number of carbonyl (C=O) groups excluding carboxylic acids is 2. The van der Waals surface area contributed by atoms with Gasteiger partial charge in [0, 0.05) is 17.4 Å². The molecular formula is C24H30N2O3S. The molecule has 1 aliphatic rings. The van der Waals surface area contributed by atoms with Gasteiger partial charge in [0.15, 0.2) is 6.10 Å². The number of fused-ring (bicyclic) bond motifs is 1. The molecule has 0 aliphatic carbocycles. The molecule has 0 radical (unpaired) electrons. The number of rotatable bonds is 8. The van der Waals surface area contributed by atoms with Crippen molar-refractivity contribution in [3.05, 3.63) is 59.7 Å². The summed E-state index contributed by atoms with van der Waals surface area (Å²) < 4.78 is 5.95. The van der Waals surface area contributed by atoms with Gasteiger partial charge in [-0.3, -0.25) is 9.59 Å². The summed E-state index contributed by atoms with van der Waals surface area (Å²) in [5.41, 5.74) is 2.50. The van der Waals surface area contributed by atoms with Gasteiger partial charge in [0.25, 0.3) is 11.8 Å². The van der Waals surface area contributed by atoms with Gasteiger partial charge < -0.3 is 15.0 Å². The molecule has 1 atom stereocenters. The first-order chi connectivity index (χ1) is 14.6. The van der Waals surface area contributed by atoms with Crippen LogP contribution in [0.1, 0.15) is 49.5 Å². The molecule has 0 saturated carbocycles. The molecule has 0 fully saturated rings. The fraction of sp³-hybridized carbons (Fsp3) is 0.417. The van der Waals surface area contributed by atoms with Crippen molar-refractivity contribution in [1.82, 2.24) is 5.32 Å². The summed E-state index contributed by atoms with van der Waals surface area (Å²) in [6, 6.07) is 15.2.